The van der Waals surface area contributed by atoms with Crippen LogP contribution in [-0.2, 0) is 6.54 Å². The summed E-state index contributed by atoms with van der Waals surface area (Å²) in [6.07, 6.45) is 7.33. The zero-order valence-corrected chi connectivity index (χ0v) is 19.8. The first-order valence-electron chi connectivity index (χ1n) is 11.0. The van der Waals surface area contributed by atoms with Crippen molar-refractivity contribution in [2.45, 2.75) is 39.4 Å². The average molecular weight is 455 g/mol. The van der Waals surface area contributed by atoms with E-state index in [4.69, 9.17) is 12.2 Å². The summed E-state index contributed by atoms with van der Waals surface area (Å²) >= 11 is 5.84. The summed E-state index contributed by atoms with van der Waals surface area (Å²) in [7, 11) is 0. The monoisotopic (exact) mass is 454 g/mol. The minimum absolute atomic E-state index is 0.00969. The Kier molecular flexibility index (Phi) is 5.64. The second-order valence-corrected chi connectivity index (χ2v) is 8.80. The van der Waals surface area contributed by atoms with E-state index in [9.17, 15) is 0 Å². The molecule has 5 rings (SSSR count). The fraction of sp³-hybridized carbons (Fsp3) is 0.231. The molecule has 0 radical (unpaired) electrons. The molecule has 0 bridgehead atoms. The first-order valence-corrected chi connectivity index (χ1v) is 11.4. The maximum absolute atomic E-state index is 5.84. The molecule has 4 aromatic heterocycles. The summed E-state index contributed by atoms with van der Waals surface area (Å²) < 4.78 is 2.24. The third kappa shape index (κ3) is 3.89. The maximum Gasteiger partial charge on any atom is 0.170 e. The van der Waals surface area contributed by atoms with Crippen molar-refractivity contribution >= 4 is 17.3 Å². The molecule has 0 spiro atoms. The molecule has 0 aliphatic carbocycles. The quantitative estimate of drug-likeness (QED) is 0.439. The number of aromatic nitrogens is 4. The number of pyridine rings is 3. The van der Waals surface area contributed by atoms with Gasteiger partial charge in [-0.05, 0) is 86.1 Å². The highest BCUT2D eigenvalue weighted by molar-refractivity contribution is 7.80. The molecule has 1 saturated heterocycles. The molecule has 7 heteroatoms. The molecule has 2 atom stereocenters. The van der Waals surface area contributed by atoms with Gasteiger partial charge in [-0.15, -0.1) is 0 Å². The molecular formula is C26H26N6S. The van der Waals surface area contributed by atoms with Crippen LogP contribution in [0.25, 0.3) is 5.82 Å². The number of nitrogens with one attached hydrogen (secondary N) is 1. The number of hydrogen-bond acceptors (Lipinski definition) is 4. The van der Waals surface area contributed by atoms with Crippen molar-refractivity contribution in [1.82, 2.24) is 29.7 Å². The summed E-state index contributed by atoms with van der Waals surface area (Å²) in [6.45, 7) is 7.08. The van der Waals surface area contributed by atoms with Crippen LogP contribution in [0, 0.1) is 20.8 Å². The van der Waals surface area contributed by atoms with Crippen LogP contribution >= 0.6 is 12.2 Å². The van der Waals surface area contributed by atoms with Crippen LogP contribution in [0.1, 0.15) is 45.9 Å². The predicted octanol–water partition coefficient (Wildman–Crippen LogP) is 4.76. The lowest BCUT2D eigenvalue weighted by molar-refractivity contribution is 0.310. The summed E-state index contributed by atoms with van der Waals surface area (Å²) in [5.74, 6) is 0.961. The molecule has 0 unspecified atom stereocenters. The number of rotatable bonds is 5. The molecule has 33 heavy (non-hydrogen) atoms. The molecule has 1 fully saturated rings. The highest BCUT2D eigenvalue weighted by Gasteiger charge is 2.41. The van der Waals surface area contributed by atoms with Crippen molar-refractivity contribution in [2.75, 3.05) is 0 Å². The van der Waals surface area contributed by atoms with E-state index >= 15 is 0 Å². The summed E-state index contributed by atoms with van der Waals surface area (Å²) in [4.78, 5) is 15.8. The number of hydrogen-bond donors (Lipinski definition) is 1. The Hall–Kier alpha value is -3.58. The number of thiocarbonyl (C=S) groups is 1. The van der Waals surface area contributed by atoms with Crippen LogP contribution in [0.4, 0.5) is 0 Å². The second-order valence-electron chi connectivity index (χ2n) is 8.42. The van der Waals surface area contributed by atoms with E-state index in [1.807, 2.05) is 55.1 Å². The smallest absolute Gasteiger partial charge is 0.170 e. The Labute approximate surface area is 199 Å². The molecule has 1 N–H and O–H groups in total. The van der Waals surface area contributed by atoms with Crippen molar-refractivity contribution in [3.05, 3.63) is 107 Å². The first kappa shape index (κ1) is 21.3. The van der Waals surface area contributed by atoms with Gasteiger partial charge >= 0.3 is 0 Å². The summed E-state index contributed by atoms with van der Waals surface area (Å²) in [5, 5.41) is 4.28. The Morgan fingerprint density at radius 2 is 1.73 bits per heavy atom. The maximum atomic E-state index is 5.84. The minimum atomic E-state index is -0.0562. The fourth-order valence-corrected chi connectivity index (χ4v) is 5.03. The van der Waals surface area contributed by atoms with E-state index in [2.05, 4.69) is 68.7 Å². The fourth-order valence-electron chi connectivity index (χ4n) is 4.72. The van der Waals surface area contributed by atoms with Gasteiger partial charge in [0.1, 0.15) is 5.82 Å². The van der Waals surface area contributed by atoms with E-state index in [0.717, 1.165) is 39.1 Å². The standard InChI is InChI=1S/C26H26N6S/c1-17-7-6-12-29-25(17)32-18(2)15-21(19(32)3)24-23(22-8-4-5-11-28-22)30-26(33)31(24)16-20-9-13-27-14-10-20/h4-15,23-24H,16H2,1-3H3,(H,30,33)/t23-,24+/m0/s1. The van der Waals surface area contributed by atoms with E-state index in [-0.39, 0.29) is 12.1 Å². The van der Waals surface area contributed by atoms with Gasteiger partial charge in [0.25, 0.3) is 0 Å². The lowest BCUT2D eigenvalue weighted by Gasteiger charge is -2.28. The van der Waals surface area contributed by atoms with Crippen LogP contribution in [0.5, 0.6) is 0 Å². The van der Waals surface area contributed by atoms with Crippen molar-refractivity contribution in [3.8, 4) is 5.82 Å². The van der Waals surface area contributed by atoms with Crippen molar-refractivity contribution in [2.24, 2.45) is 0 Å². The lowest BCUT2D eigenvalue weighted by atomic mass is 9.96. The normalized spacial score (nSPS) is 17.9. The molecule has 0 amide bonds. The Morgan fingerprint density at radius 3 is 2.45 bits per heavy atom. The first-order chi connectivity index (χ1) is 16.0. The third-order valence-electron chi connectivity index (χ3n) is 6.28. The minimum Gasteiger partial charge on any atom is -0.352 e. The van der Waals surface area contributed by atoms with E-state index in [0.29, 0.717) is 6.54 Å². The molecule has 6 nitrogen and oxygen atoms in total. The second kappa shape index (κ2) is 8.75. The van der Waals surface area contributed by atoms with Crippen LogP contribution < -0.4 is 5.32 Å². The Morgan fingerprint density at radius 1 is 0.939 bits per heavy atom. The van der Waals surface area contributed by atoms with Gasteiger partial charge in [-0.2, -0.15) is 0 Å². The van der Waals surface area contributed by atoms with E-state index < -0.39 is 0 Å². The number of aryl methyl sites for hydroxylation is 2. The van der Waals surface area contributed by atoms with Crippen LogP contribution in [0.3, 0.4) is 0 Å². The van der Waals surface area contributed by atoms with Gasteiger partial charge in [-0.3, -0.25) is 9.97 Å². The topological polar surface area (TPSA) is 58.9 Å². The number of nitrogens with zero attached hydrogens (tertiary/aromatic N) is 5. The SMILES string of the molecule is Cc1cccnc1-n1c(C)cc([C@@H]2[C@H](c3ccccn3)NC(=S)N2Cc2ccncc2)c1C. The van der Waals surface area contributed by atoms with Gasteiger partial charge < -0.3 is 14.8 Å². The zero-order chi connectivity index (χ0) is 22.9. The van der Waals surface area contributed by atoms with Crippen molar-refractivity contribution in [1.29, 1.82) is 0 Å². The van der Waals surface area contributed by atoms with Crippen molar-refractivity contribution < 1.29 is 0 Å². The molecule has 5 heterocycles. The van der Waals surface area contributed by atoms with Crippen molar-refractivity contribution in [3.63, 3.8) is 0 Å². The Balaban J connectivity index is 1.63. The highest BCUT2D eigenvalue weighted by Crippen LogP contribution is 2.42. The van der Waals surface area contributed by atoms with Gasteiger partial charge in [0.15, 0.2) is 5.11 Å². The molecule has 166 valence electrons. The van der Waals surface area contributed by atoms with Crippen LogP contribution in [-0.4, -0.2) is 29.5 Å². The molecule has 4 aromatic rings. The van der Waals surface area contributed by atoms with E-state index in [1.54, 1.807) is 0 Å². The van der Waals surface area contributed by atoms with E-state index in [1.165, 1.54) is 5.56 Å². The zero-order valence-electron chi connectivity index (χ0n) is 18.9. The molecule has 1 aliphatic heterocycles. The van der Waals surface area contributed by atoms with Gasteiger partial charge in [-0.25, -0.2) is 4.98 Å². The molecule has 0 saturated carbocycles. The third-order valence-corrected chi connectivity index (χ3v) is 6.63. The van der Waals surface area contributed by atoms with Crippen LogP contribution in [0.15, 0.2) is 73.3 Å². The summed E-state index contributed by atoms with van der Waals surface area (Å²) in [5.41, 5.74) is 6.80. The van der Waals surface area contributed by atoms with Gasteiger partial charge in [0.2, 0.25) is 0 Å². The largest absolute Gasteiger partial charge is 0.352 e. The van der Waals surface area contributed by atoms with Gasteiger partial charge in [0, 0.05) is 42.7 Å². The lowest BCUT2D eigenvalue weighted by Crippen LogP contribution is -2.29. The molecular weight excluding hydrogens is 428 g/mol. The average Bonchev–Trinajstić information content (AvgIpc) is 3.30. The highest BCUT2D eigenvalue weighted by atomic mass is 32.1. The summed E-state index contributed by atoms with van der Waals surface area (Å²) in [6, 6.07) is 16.4. The Bertz CT molecular complexity index is 1280. The molecule has 1 aliphatic rings. The van der Waals surface area contributed by atoms with Gasteiger partial charge in [0.05, 0.1) is 17.8 Å². The molecule has 0 aromatic carbocycles. The van der Waals surface area contributed by atoms with Gasteiger partial charge in [-0.1, -0.05) is 12.1 Å². The van der Waals surface area contributed by atoms with Crippen LogP contribution in [0.2, 0.25) is 0 Å². The predicted molar refractivity (Wildman–Crippen MR) is 133 cm³/mol.